The van der Waals surface area contributed by atoms with Crippen LogP contribution >= 0.6 is 0 Å². The Morgan fingerprint density at radius 2 is 2.15 bits per heavy atom. The molecule has 2 aliphatic heterocycles. The lowest BCUT2D eigenvalue weighted by Crippen LogP contribution is -2.38. The Hall–Kier alpha value is -1.75. The summed E-state index contributed by atoms with van der Waals surface area (Å²) >= 11 is 0. The van der Waals surface area contributed by atoms with Crippen LogP contribution in [0.25, 0.3) is 0 Å². The molecule has 1 aromatic carbocycles. The number of hydrogen-bond donors (Lipinski definition) is 2. The van der Waals surface area contributed by atoms with Gasteiger partial charge in [0.15, 0.2) is 0 Å². The van der Waals surface area contributed by atoms with E-state index in [0.29, 0.717) is 19.0 Å². The van der Waals surface area contributed by atoms with Gasteiger partial charge in [-0.25, -0.2) is 4.79 Å². The van der Waals surface area contributed by atoms with Crippen molar-refractivity contribution in [2.24, 2.45) is 5.92 Å². The molecule has 0 bridgehead atoms. The summed E-state index contributed by atoms with van der Waals surface area (Å²) in [5, 5.41) is 12.6. The van der Waals surface area contributed by atoms with E-state index in [1.54, 1.807) is 17.0 Å². The first-order valence-electron chi connectivity index (χ1n) is 7.16. The van der Waals surface area contributed by atoms with Crippen LogP contribution in [0.1, 0.15) is 18.4 Å². The minimum atomic E-state index is -0.228. The molecule has 5 nitrogen and oxygen atoms in total. The molecule has 2 aliphatic rings. The number of rotatable bonds is 3. The monoisotopic (exact) mass is 276 g/mol. The van der Waals surface area contributed by atoms with Crippen molar-refractivity contribution in [2.75, 3.05) is 19.6 Å². The first kappa shape index (κ1) is 13.2. The number of piperidine rings is 1. The molecule has 0 saturated carbocycles. The highest BCUT2D eigenvalue weighted by Gasteiger charge is 2.36. The van der Waals surface area contributed by atoms with Crippen LogP contribution in [0.4, 0.5) is 4.79 Å². The number of carbonyl (C=O) groups is 1. The standard InChI is InChI=1S/C15H20N2O3/c18-13-5-3-11(4-6-13)9-17-10-14(20-15(17)19)12-2-1-7-16-8-12/h3-6,12,14,16,18H,1-2,7-10H2. The van der Waals surface area contributed by atoms with Crippen molar-refractivity contribution in [1.29, 1.82) is 0 Å². The first-order valence-corrected chi connectivity index (χ1v) is 7.16. The molecule has 2 heterocycles. The predicted molar refractivity (Wildman–Crippen MR) is 74.4 cm³/mol. The summed E-state index contributed by atoms with van der Waals surface area (Å²) in [6.45, 7) is 3.20. The van der Waals surface area contributed by atoms with Gasteiger partial charge in [-0.15, -0.1) is 0 Å². The lowest BCUT2D eigenvalue weighted by molar-refractivity contribution is 0.0926. The fourth-order valence-corrected chi connectivity index (χ4v) is 2.93. The Bertz CT molecular complexity index is 469. The molecule has 20 heavy (non-hydrogen) atoms. The number of carbonyl (C=O) groups excluding carboxylic acids is 1. The van der Waals surface area contributed by atoms with Crippen molar-refractivity contribution in [1.82, 2.24) is 10.2 Å². The third-order valence-corrected chi connectivity index (χ3v) is 4.08. The van der Waals surface area contributed by atoms with Gasteiger partial charge in [-0.1, -0.05) is 12.1 Å². The number of hydrogen-bond acceptors (Lipinski definition) is 4. The molecule has 0 aliphatic carbocycles. The van der Waals surface area contributed by atoms with E-state index in [1.165, 1.54) is 0 Å². The number of phenolic OH excluding ortho intramolecular Hbond substituents is 1. The molecule has 0 spiro atoms. The van der Waals surface area contributed by atoms with Crippen molar-refractivity contribution in [3.05, 3.63) is 29.8 Å². The zero-order valence-electron chi connectivity index (χ0n) is 11.4. The van der Waals surface area contributed by atoms with E-state index in [9.17, 15) is 9.90 Å². The number of nitrogens with one attached hydrogen (secondary N) is 1. The van der Waals surface area contributed by atoms with Crippen LogP contribution in [-0.4, -0.2) is 41.8 Å². The van der Waals surface area contributed by atoms with Crippen molar-refractivity contribution in [2.45, 2.75) is 25.5 Å². The van der Waals surface area contributed by atoms with Crippen LogP contribution < -0.4 is 5.32 Å². The molecule has 2 fully saturated rings. The summed E-state index contributed by atoms with van der Waals surface area (Å²) < 4.78 is 5.51. The Morgan fingerprint density at radius 3 is 2.85 bits per heavy atom. The quantitative estimate of drug-likeness (QED) is 0.882. The highest BCUT2D eigenvalue weighted by Crippen LogP contribution is 2.25. The molecule has 108 valence electrons. The van der Waals surface area contributed by atoms with Gasteiger partial charge in [0.05, 0.1) is 6.54 Å². The van der Waals surface area contributed by atoms with Gasteiger partial charge >= 0.3 is 6.09 Å². The van der Waals surface area contributed by atoms with E-state index in [0.717, 1.165) is 31.5 Å². The van der Waals surface area contributed by atoms with Gasteiger partial charge in [-0.05, 0) is 37.1 Å². The van der Waals surface area contributed by atoms with Gasteiger partial charge in [-0.2, -0.15) is 0 Å². The van der Waals surface area contributed by atoms with Crippen LogP contribution in [0.5, 0.6) is 5.75 Å². The number of cyclic esters (lactones) is 1. The molecular weight excluding hydrogens is 256 g/mol. The lowest BCUT2D eigenvalue weighted by atomic mass is 9.94. The number of amides is 1. The molecule has 5 heteroatoms. The van der Waals surface area contributed by atoms with Gasteiger partial charge in [0.2, 0.25) is 0 Å². The minimum Gasteiger partial charge on any atom is -0.508 e. The number of benzene rings is 1. The number of ether oxygens (including phenoxy) is 1. The minimum absolute atomic E-state index is 0.00687. The van der Waals surface area contributed by atoms with Crippen LogP contribution in [0, 0.1) is 5.92 Å². The average molecular weight is 276 g/mol. The second-order valence-electron chi connectivity index (χ2n) is 5.58. The van der Waals surface area contributed by atoms with E-state index in [1.807, 2.05) is 12.1 Å². The van der Waals surface area contributed by atoms with Crippen LogP contribution in [0.15, 0.2) is 24.3 Å². The van der Waals surface area contributed by atoms with Crippen LogP contribution in [0.3, 0.4) is 0 Å². The molecule has 2 saturated heterocycles. The van der Waals surface area contributed by atoms with E-state index in [2.05, 4.69) is 5.32 Å². The molecule has 2 atom stereocenters. The topological polar surface area (TPSA) is 61.8 Å². The van der Waals surface area contributed by atoms with Gasteiger partial charge < -0.3 is 20.1 Å². The molecule has 3 rings (SSSR count). The van der Waals surface area contributed by atoms with Gasteiger partial charge in [0.25, 0.3) is 0 Å². The highest BCUT2D eigenvalue weighted by molar-refractivity contribution is 5.70. The highest BCUT2D eigenvalue weighted by atomic mass is 16.6. The molecule has 0 radical (unpaired) electrons. The number of nitrogens with zero attached hydrogens (tertiary/aromatic N) is 1. The Balaban J connectivity index is 1.60. The molecule has 0 aromatic heterocycles. The van der Waals surface area contributed by atoms with E-state index in [-0.39, 0.29) is 17.9 Å². The molecule has 2 unspecified atom stereocenters. The van der Waals surface area contributed by atoms with E-state index in [4.69, 9.17) is 4.74 Å². The largest absolute Gasteiger partial charge is 0.508 e. The summed E-state index contributed by atoms with van der Waals surface area (Å²) in [7, 11) is 0. The van der Waals surface area contributed by atoms with Crippen molar-refractivity contribution < 1.29 is 14.6 Å². The molecule has 1 amide bonds. The van der Waals surface area contributed by atoms with Crippen LogP contribution in [0.2, 0.25) is 0 Å². The normalized spacial score (nSPS) is 26.6. The Kier molecular flexibility index (Phi) is 3.78. The SMILES string of the molecule is O=C1OC(C2CCCNC2)CN1Cc1ccc(O)cc1. The summed E-state index contributed by atoms with van der Waals surface area (Å²) in [5.41, 5.74) is 1.00. The average Bonchev–Trinajstić information content (AvgIpc) is 2.84. The van der Waals surface area contributed by atoms with Crippen LogP contribution in [-0.2, 0) is 11.3 Å². The summed E-state index contributed by atoms with van der Waals surface area (Å²) in [6.07, 6.45) is 2.05. The summed E-state index contributed by atoms with van der Waals surface area (Å²) in [5.74, 6) is 0.668. The maximum atomic E-state index is 11.9. The Labute approximate surface area is 118 Å². The summed E-state index contributed by atoms with van der Waals surface area (Å²) in [6, 6.07) is 6.94. The Morgan fingerprint density at radius 1 is 1.35 bits per heavy atom. The second kappa shape index (κ2) is 5.71. The fourth-order valence-electron chi connectivity index (χ4n) is 2.93. The van der Waals surface area contributed by atoms with Gasteiger partial charge in [0, 0.05) is 19.0 Å². The van der Waals surface area contributed by atoms with E-state index < -0.39 is 0 Å². The van der Waals surface area contributed by atoms with Gasteiger partial charge in [-0.3, -0.25) is 0 Å². The summed E-state index contributed by atoms with van der Waals surface area (Å²) in [4.78, 5) is 13.7. The molecular formula is C15H20N2O3. The fraction of sp³-hybridized carbons (Fsp3) is 0.533. The smallest absolute Gasteiger partial charge is 0.410 e. The zero-order valence-corrected chi connectivity index (χ0v) is 11.4. The zero-order chi connectivity index (χ0) is 13.9. The maximum absolute atomic E-state index is 11.9. The molecule has 2 N–H and O–H groups in total. The number of aromatic hydroxyl groups is 1. The second-order valence-corrected chi connectivity index (χ2v) is 5.58. The van der Waals surface area contributed by atoms with Crippen molar-refractivity contribution >= 4 is 6.09 Å². The lowest BCUT2D eigenvalue weighted by Gasteiger charge is -2.26. The van der Waals surface area contributed by atoms with Gasteiger partial charge in [0.1, 0.15) is 11.9 Å². The third-order valence-electron chi connectivity index (χ3n) is 4.08. The molecule has 1 aromatic rings. The van der Waals surface area contributed by atoms with Crippen molar-refractivity contribution in [3.8, 4) is 5.75 Å². The van der Waals surface area contributed by atoms with Crippen molar-refractivity contribution in [3.63, 3.8) is 0 Å². The van der Waals surface area contributed by atoms with E-state index >= 15 is 0 Å². The first-order chi connectivity index (χ1) is 9.72. The third kappa shape index (κ3) is 2.88. The number of phenols is 1. The predicted octanol–water partition coefficient (Wildman–Crippen LogP) is 1.71. The maximum Gasteiger partial charge on any atom is 0.410 e.